The van der Waals surface area contributed by atoms with Gasteiger partial charge in [0.1, 0.15) is 5.82 Å². The molecule has 0 aliphatic rings. The molecule has 0 saturated carbocycles. The number of aliphatic carboxylic acids is 1. The van der Waals surface area contributed by atoms with Crippen molar-refractivity contribution in [3.8, 4) is 0 Å². The molecule has 0 unspecified atom stereocenters. The van der Waals surface area contributed by atoms with Gasteiger partial charge in [0.2, 0.25) is 5.91 Å². The molecular formula is C13H16FNO3. The molecule has 0 radical (unpaired) electrons. The Kier molecular flexibility index (Phi) is 5.57. The Hall–Kier alpha value is -2.17. The normalized spacial score (nSPS) is 10.5. The number of rotatable bonds is 6. The van der Waals surface area contributed by atoms with E-state index in [1.165, 1.54) is 18.2 Å². The summed E-state index contributed by atoms with van der Waals surface area (Å²) in [5.74, 6) is -1.66. The van der Waals surface area contributed by atoms with Crippen molar-refractivity contribution >= 4 is 18.0 Å². The fourth-order valence-electron chi connectivity index (χ4n) is 1.29. The van der Waals surface area contributed by atoms with Crippen molar-refractivity contribution in [3.05, 3.63) is 41.7 Å². The second kappa shape index (κ2) is 7.21. The molecule has 0 heterocycles. The summed E-state index contributed by atoms with van der Waals surface area (Å²) in [5.41, 5.74) is 0.332. The summed E-state index contributed by atoms with van der Waals surface area (Å²) >= 11 is 0. The van der Waals surface area contributed by atoms with Crippen LogP contribution < -0.4 is 5.32 Å². The number of amides is 1. The van der Waals surface area contributed by atoms with Crippen LogP contribution >= 0.6 is 0 Å². The highest BCUT2D eigenvalue weighted by molar-refractivity contribution is 5.91. The van der Waals surface area contributed by atoms with Gasteiger partial charge in [-0.2, -0.15) is 0 Å². The van der Waals surface area contributed by atoms with Gasteiger partial charge in [0.15, 0.2) is 0 Å². The summed E-state index contributed by atoms with van der Waals surface area (Å²) < 4.78 is 13.2. The standard InChI is InChI=1S/C13H14FNO3.H2/c14-11-5-2-1-4-10(11)7-8-12(16)15-9-3-6-13(17)18;/h1-2,4-5,7-8H,3,6,9H2,(H,15,16)(H,17,18);1H/b8-7+;. The molecule has 0 aromatic heterocycles. The van der Waals surface area contributed by atoms with Gasteiger partial charge in [-0.05, 0) is 18.6 Å². The Labute approximate surface area is 106 Å². The molecule has 0 spiro atoms. The second-order valence-corrected chi connectivity index (χ2v) is 3.64. The summed E-state index contributed by atoms with van der Waals surface area (Å²) in [6.45, 7) is 0.284. The van der Waals surface area contributed by atoms with Crippen LogP contribution in [0.3, 0.4) is 0 Å². The van der Waals surface area contributed by atoms with Gasteiger partial charge in [0.25, 0.3) is 0 Å². The fourth-order valence-corrected chi connectivity index (χ4v) is 1.29. The van der Waals surface area contributed by atoms with E-state index in [1.807, 2.05) is 0 Å². The van der Waals surface area contributed by atoms with E-state index in [0.717, 1.165) is 0 Å². The Bertz CT molecular complexity index is 463. The van der Waals surface area contributed by atoms with Gasteiger partial charge in [0.05, 0.1) is 0 Å². The molecule has 1 aromatic rings. The second-order valence-electron chi connectivity index (χ2n) is 3.64. The maximum Gasteiger partial charge on any atom is 0.303 e. The predicted molar refractivity (Wildman–Crippen MR) is 67.4 cm³/mol. The van der Waals surface area contributed by atoms with Crippen LogP contribution in [-0.4, -0.2) is 23.5 Å². The van der Waals surface area contributed by atoms with Crippen molar-refractivity contribution in [3.63, 3.8) is 0 Å². The van der Waals surface area contributed by atoms with Crippen LogP contribution in [0.1, 0.15) is 19.8 Å². The first kappa shape index (κ1) is 13.9. The van der Waals surface area contributed by atoms with Crippen molar-refractivity contribution in [2.45, 2.75) is 12.8 Å². The Balaban J connectivity index is 0.00000324. The van der Waals surface area contributed by atoms with E-state index < -0.39 is 11.8 Å². The fraction of sp³-hybridized carbons (Fsp3) is 0.231. The van der Waals surface area contributed by atoms with Gasteiger partial charge in [-0.1, -0.05) is 18.2 Å². The van der Waals surface area contributed by atoms with Gasteiger partial charge in [-0.3, -0.25) is 9.59 Å². The lowest BCUT2D eigenvalue weighted by atomic mass is 10.2. The number of benzene rings is 1. The highest BCUT2D eigenvalue weighted by Gasteiger charge is 1.99. The van der Waals surface area contributed by atoms with Crippen molar-refractivity contribution in [1.29, 1.82) is 0 Å². The average Bonchev–Trinajstić information content (AvgIpc) is 2.33. The number of nitrogens with one attached hydrogen (secondary N) is 1. The molecule has 0 aliphatic heterocycles. The molecule has 4 nitrogen and oxygen atoms in total. The van der Waals surface area contributed by atoms with Crippen LogP contribution in [0.5, 0.6) is 0 Å². The molecule has 0 aliphatic carbocycles. The highest BCUT2D eigenvalue weighted by atomic mass is 19.1. The van der Waals surface area contributed by atoms with Crippen LogP contribution in [0.4, 0.5) is 4.39 Å². The molecule has 0 saturated heterocycles. The van der Waals surface area contributed by atoms with E-state index in [2.05, 4.69) is 5.32 Å². The average molecular weight is 253 g/mol. The van der Waals surface area contributed by atoms with Crippen LogP contribution in [-0.2, 0) is 9.59 Å². The van der Waals surface area contributed by atoms with Crippen LogP contribution in [0.2, 0.25) is 0 Å². The molecule has 0 fully saturated rings. The quantitative estimate of drug-likeness (QED) is 0.602. The van der Waals surface area contributed by atoms with Crippen molar-refractivity contribution < 1.29 is 20.5 Å². The summed E-state index contributed by atoms with van der Waals surface area (Å²) in [6, 6.07) is 6.11. The van der Waals surface area contributed by atoms with Gasteiger partial charge < -0.3 is 10.4 Å². The molecule has 0 bridgehead atoms. The predicted octanol–water partition coefficient (Wildman–Crippen LogP) is 2.07. The van der Waals surface area contributed by atoms with E-state index >= 15 is 0 Å². The number of carbonyl (C=O) groups is 2. The third-order valence-electron chi connectivity index (χ3n) is 2.19. The number of carbonyl (C=O) groups excluding carboxylic acids is 1. The minimum Gasteiger partial charge on any atom is -0.481 e. The third-order valence-corrected chi connectivity index (χ3v) is 2.19. The largest absolute Gasteiger partial charge is 0.481 e. The number of carboxylic acid groups (broad SMARTS) is 1. The van der Waals surface area contributed by atoms with Crippen molar-refractivity contribution in [2.24, 2.45) is 0 Å². The van der Waals surface area contributed by atoms with Crippen LogP contribution in [0.15, 0.2) is 30.3 Å². The van der Waals surface area contributed by atoms with E-state index in [4.69, 9.17) is 5.11 Å². The molecule has 18 heavy (non-hydrogen) atoms. The van der Waals surface area contributed by atoms with Crippen LogP contribution in [0, 0.1) is 5.82 Å². The minimum atomic E-state index is -0.897. The highest BCUT2D eigenvalue weighted by Crippen LogP contribution is 2.07. The number of halogens is 1. The summed E-state index contributed by atoms with van der Waals surface area (Å²) in [5, 5.41) is 10.9. The van der Waals surface area contributed by atoms with Gasteiger partial charge >= 0.3 is 5.97 Å². The van der Waals surface area contributed by atoms with E-state index in [9.17, 15) is 14.0 Å². The molecular weight excluding hydrogens is 237 g/mol. The van der Waals surface area contributed by atoms with Gasteiger partial charge in [-0.15, -0.1) is 0 Å². The first-order valence-corrected chi connectivity index (χ1v) is 5.52. The number of carboxylic acids is 1. The third kappa shape index (κ3) is 5.25. The first-order valence-electron chi connectivity index (χ1n) is 5.52. The van der Waals surface area contributed by atoms with Crippen molar-refractivity contribution in [2.75, 3.05) is 6.54 Å². The molecule has 2 N–H and O–H groups in total. The summed E-state index contributed by atoms with van der Waals surface area (Å²) in [6.07, 6.45) is 2.98. The zero-order valence-electron chi connectivity index (χ0n) is 9.73. The molecule has 1 rings (SSSR count). The van der Waals surface area contributed by atoms with Gasteiger partial charge in [0, 0.05) is 26.0 Å². The van der Waals surface area contributed by atoms with E-state index in [0.29, 0.717) is 12.0 Å². The summed E-state index contributed by atoms with van der Waals surface area (Å²) in [4.78, 5) is 21.5. The van der Waals surface area contributed by atoms with E-state index in [1.54, 1.807) is 18.2 Å². The lowest BCUT2D eigenvalue weighted by molar-refractivity contribution is -0.137. The molecule has 0 atom stereocenters. The molecule has 1 amide bonds. The molecule has 98 valence electrons. The first-order chi connectivity index (χ1) is 8.59. The molecule has 1 aromatic carbocycles. The Morgan fingerprint density at radius 1 is 1.39 bits per heavy atom. The Morgan fingerprint density at radius 2 is 2.11 bits per heavy atom. The molecule has 5 heteroatoms. The monoisotopic (exact) mass is 253 g/mol. The minimum absolute atomic E-state index is 0. The lowest BCUT2D eigenvalue weighted by Gasteiger charge is -2.00. The van der Waals surface area contributed by atoms with Gasteiger partial charge in [-0.25, -0.2) is 4.39 Å². The Morgan fingerprint density at radius 3 is 2.78 bits per heavy atom. The topological polar surface area (TPSA) is 66.4 Å². The number of hydrogen-bond donors (Lipinski definition) is 2. The maximum atomic E-state index is 13.2. The van der Waals surface area contributed by atoms with Crippen molar-refractivity contribution in [1.82, 2.24) is 5.32 Å². The zero-order chi connectivity index (χ0) is 13.4. The smallest absolute Gasteiger partial charge is 0.303 e. The SMILES string of the molecule is O=C(O)CCCNC(=O)/C=C/c1ccccc1F.[HH]. The number of hydrogen-bond acceptors (Lipinski definition) is 2. The van der Waals surface area contributed by atoms with E-state index in [-0.39, 0.29) is 20.3 Å². The maximum absolute atomic E-state index is 13.2. The lowest BCUT2D eigenvalue weighted by Crippen LogP contribution is -2.22. The van der Waals surface area contributed by atoms with Crippen LogP contribution in [0.25, 0.3) is 6.08 Å². The summed E-state index contributed by atoms with van der Waals surface area (Å²) in [7, 11) is 0. The zero-order valence-corrected chi connectivity index (χ0v) is 9.73.